The smallest absolute Gasteiger partial charge is 0.165 e. The van der Waals surface area contributed by atoms with Gasteiger partial charge in [0.25, 0.3) is 0 Å². The number of allylic oxidation sites excluding steroid dienone is 1. The molecule has 31 heavy (non-hydrogen) atoms. The highest BCUT2D eigenvalue weighted by Gasteiger charge is 2.35. The Hall–Kier alpha value is -1.83. The molecule has 0 N–H and O–H groups in total. The van der Waals surface area contributed by atoms with Crippen molar-refractivity contribution in [3.05, 3.63) is 53.9 Å². The van der Waals surface area contributed by atoms with Gasteiger partial charge in [-0.05, 0) is 91.2 Å². The summed E-state index contributed by atoms with van der Waals surface area (Å²) in [6, 6.07) is 10.2. The van der Waals surface area contributed by atoms with Crippen LogP contribution < -0.4 is 4.74 Å². The van der Waals surface area contributed by atoms with Crippen molar-refractivity contribution in [2.75, 3.05) is 6.61 Å². The summed E-state index contributed by atoms with van der Waals surface area (Å²) >= 11 is 0. The van der Waals surface area contributed by atoms with E-state index in [4.69, 9.17) is 4.74 Å². The lowest BCUT2D eigenvalue weighted by molar-refractivity contribution is 0.113. The van der Waals surface area contributed by atoms with Crippen LogP contribution in [0.4, 0.5) is 4.39 Å². The molecular weight excluding hydrogens is 383 g/mol. The molecule has 0 saturated heterocycles. The van der Waals surface area contributed by atoms with Gasteiger partial charge in [-0.25, -0.2) is 4.39 Å². The second-order valence-corrected chi connectivity index (χ2v) is 9.97. The van der Waals surface area contributed by atoms with Gasteiger partial charge in [0.15, 0.2) is 11.6 Å². The Labute approximate surface area is 188 Å². The minimum Gasteiger partial charge on any atom is -0.486 e. The first-order valence-electron chi connectivity index (χ1n) is 12.6. The third-order valence-electron chi connectivity index (χ3n) is 7.89. The largest absolute Gasteiger partial charge is 0.486 e. The Morgan fingerprint density at radius 3 is 2.65 bits per heavy atom. The fourth-order valence-corrected chi connectivity index (χ4v) is 6.10. The van der Waals surface area contributed by atoms with E-state index in [0.717, 1.165) is 28.5 Å². The SMILES string of the molecule is CC=CCOc1cc2ccc(C3CCC4CC(CCCCC)CCC4C3)cc2cc1F. The zero-order valence-electron chi connectivity index (χ0n) is 19.4. The van der Waals surface area contributed by atoms with E-state index < -0.39 is 0 Å². The molecule has 0 spiro atoms. The van der Waals surface area contributed by atoms with Gasteiger partial charge in [-0.2, -0.15) is 0 Å². The Balaban J connectivity index is 1.40. The zero-order valence-corrected chi connectivity index (χ0v) is 19.4. The van der Waals surface area contributed by atoms with Gasteiger partial charge < -0.3 is 4.74 Å². The topological polar surface area (TPSA) is 9.23 Å². The van der Waals surface area contributed by atoms with E-state index in [-0.39, 0.29) is 5.82 Å². The van der Waals surface area contributed by atoms with E-state index in [1.54, 1.807) is 6.07 Å². The predicted octanol–water partition coefficient (Wildman–Crippen LogP) is 8.81. The highest BCUT2D eigenvalue weighted by Crippen LogP contribution is 2.48. The lowest BCUT2D eigenvalue weighted by atomic mass is 9.63. The average molecular weight is 423 g/mol. The molecule has 2 aliphatic carbocycles. The third kappa shape index (κ3) is 5.51. The molecule has 1 nitrogen and oxygen atoms in total. The van der Waals surface area contributed by atoms with E-state index in [2.05, 4.69) is 25.1 Å². The fraction of sp³-hybridized carbons (Fsp3) is 0.586. The molecule has 2 fully saturated rings. The average Bonchev–Trinajstić information content (AvgIpc) is 2.79. The van der Waals surface area contributed by atoms with E-state index in [9.17, 15) is 4.39 Å². The molecule has 168 valence electrons. The fourth-order valence-electron chi connectivity index (χ4n) is 6.10. The Morgan fingerprint density at radius 1 is 0.968 bits per heavy atom. The summed E-state index contributed by atoms with van der Waals surface area (Å²) in [5.41, 5.74) is 1.40. The zero-order chi connectivity index (χ0) is 21.6. The standard InChI is InChI=1S/C29H39FO/c1-3-5-7-8-21-9-10-23-17-24(12-11-22(23)16-21)25-13-14-26-20-29(31-15-6-4-2)28(30)19-27(26)18-25/h4,6,13-14,18-24H,3,5,7-12,15-17H2,1-2H3. The van der Waals surface area contributed by atoms with E-state index >= 15 is 0 Å². The van der Waals surface area contributed by atoms with Crippen LogP contribution in [0.2, 0.25) is 0 Å². The van der Waals surface area contributed by atoms with Crippen LogP contribution in [0.15, 0.2) is 42.5 Å². The maximum Gasteiger partial charge on any atom is 0.165 e. The highest BCUT2D eigenvalue weighted by molar-refractivity contribution is 5.85. The van der Waals surface area contributed by atoms with E-state index in [0.29, 0.717) is 18.3 Å². The van der Waals surface area contributed by atoms with Crippen molar-refractivity contribution in [3.8, 4) is 5.75 Å². The summed E-state index contributed by atoms with van der Waals surface area (Å²) in [4.78, 5) is 0. The number of benzene rings is 2. The highest BCUT2D eigenvalue weighted by atomic mass is 19.1. The first kappa shape index (κ1) is 22.4. The number of fused-ring (bicyclic) bond motifs is 2. The first-order valence-corrected chi connectivity index (χ1v) is 12.6. The van der Waals surface area contributed by atoms with Crippen molar-refractivity contribution in [3.63, 3.8) is 0 Å². The maximum atomic E-state index is 14.5. The van der Waals surface area contributed by atoms with Crippen LogP contribution >= 0.6 is 0 Å². The van der Waals surface area contributed by atoms with Gasteiger partial charge in [-0.1, -0.05) is 69.4 Å². The molecule has 0 radical (unpaired) electrons. The maximum absolute atomic E-state index is 14.5. The van der Waals surface area contributed by atoms with Crippen LogP contribution in [0.5, 0.6) is 5.75 Å². The molecule has 2 aliphatic rings. The molecule has 2 saturated carbocycles. The molecule has 0 aromatic heterocycles. The molecule has 2 aromatic rings. The molecule has 2 heteroatoms. The molecule has 0 bridgehead atoms. The van der Waals surface area contributed by atoms with Crippen molar-refractivity contribution in [1.29, 1.82) is 0 Å². The summed E-state index contributed by atoms with van der Waals surface area (Å²) < 4.78 is 20.1. The third-order valence-corrected chi connectivity index (χ3v) is 7.89. The van der Waals surface area contributed by atoms with Gasteiger partial charge >= 0.3 is 0 Å². The molecule has 2 aromatic carbocycles. The Bertz CT molecular complexity index is 886. The lowest BCUT2D eigenvalue weighted by Gasteiger charge is -2.42. The summed E-state index contributed by atoms with van der Waals surface area (Å²) in [5, 5.41) is 2.05. The number of hydrogen-bond acceptors (Lipinski definition) is 1. The van der Waals surface area contributed by atoms with Crippen LogP contribution in [0, 0.1) is 23.6 Å². The number of ether oxygens (including phenoxy) is 1. The van der Waals surface area contributed by atoms with Gasteiger partial charge in [0, 0.05) is 0 Å². The molecule has 0 aliphatic heterocycles. The number of rotatable bonds is 8. The molecule has 0 heterocycles. The summed E-state index contributed by atoms with van der Waals surface area (Å²) in [7, 11) is 0. The molecule has 0 amide bonds. The molecule has 4 unspecified atom stereocenters. The summed E-state index contributed by atoms with van der Waals surface area (Å²) in [6.45, 7) is 4.65. The van der Waals surface area contributed by atoms with Crippen LogP contribution in [0.3, 0.4) is 0 Å². The summed E-state index contributed by atoms with van der Waals surface area (Å²) in [6.07, 6.45) is 17.8. The normalized spacial score (nSPS) is 26.3. The Morgan fingerprint density at radius 2 is 1.81 bits per heavy atom. The molecular formula is C29H39FO. The van der Waals surface area contributed by atoms with Crippen LogP contribution in [0.25, 0.3) is 10.8 Å². The van der Waals surface area contributed by atoms with Crippen molar-refractivity contribution in [2.24, 2.45) is 17.8 Å². The monoisotopic (exact) mass is 422 g/mol. The minimum atomic E-state index is -0.265. The first-order chi connectivity index (χ1) is 15.2. The van der Waals surface area contributed by atoms with Crippen molar-refractivity contribution in [2.45, 2.75) is 84.0 Å². The molecule has 4 rings (SSSR count). The summed E-state index contributed by atoms with van der Waals surface area (Å²) in [5.74, 6) is 3.55. The van der Waals surface area contributed by atoms with Crippen LogP contribution in [-0.4, -0.2) is 6.61 Å². The van der Waals surface area contributed by atoms with E-state index in [1.165, 1.54) is 69.8 Å². The number of unbranched alkanes of at least 4 members (excludes halogenated alkanes) is 2. The minimum absolute atomic E-state index is 0.265. The van der Waals surface area contributed by atoms with E-state index in [1.807, 2.05) is 25.1 Å². The van der Waals surface area contributed by atoms with Crippen molar-refractivity contribution >= 4 is 10.8 Å². The second kappa shape index (κ2) is 10.7. The lowest BCUT2D eigenvalue weighted by Crippen LogP contribution is -2.30. The van der Waals surface area contributed by atoms with Crippen LogP contribution in [-0.2, 0) is 0 Å². The number of hydrogen-bond donors (Lipinski definition) is 0. The van der Waals surface area contributed by atoms with Crippen molar-refractivity contribution < 1.29 is 9.13 Å². The van der Waals surface area contributed by atoms with Gasteiger partial charge in [0.05, 0.1) is 0 Å². The van der Waals surface area contributed by atoms with Gasteiger partial charge in [0.1, 0.15) is 6.61 Å². The van der Waals surface area contributed by atoms with Gasteiger partial charge in [-0.3, -0.25) is 0 Å². The quantitative estimate of drug-likeness (QED) is 0.305. The number of halogens is 1. The molecule has 4 atom stereocenters. The Kier molecular flexibility index (Phi) is 7.69. The van der Waals surface area contributed by atoms with Crippen molar-refractivity contribution in [1.82, 2.24) is 0 Å². The van der Waals surface area contributed by atoms with Gasteiger partial charge in [-0.15, -0.1) is 0 Å². The predicted molar refractivity (Wildman–Crippen MR) is 129 cm³/mol. The second-order valence-electron chi connectivity index (χ2n) is 9.97. The van der Waals surface area contributed by atoms with Gasteiger partial charge in [0.2, 0.25) is 0 Å². The van der Waals surface area contributed by atoms with Crippen LogP contribution in [0.1, 0.15) is 89.5 Å².